The summed E-state index contributed by atoms with van der Waals surface area (Å²) in [5.74, 6) is -2.05. The van der Waals surface area contributed by atoms with Crippen LogP contribution in [0.15, 0.2) is 16.8 Å². The van der Waals surface area contributed by atoms with E-state index < -0.39 is 22.8 Å². The Labute approximate surface area is 110 Å². The van der Waals surface area contributed by atoms with Crippen LogP contribution in [0.1, 0.15) is 33.6 Å². The minimum atomic E-state index is -1.72. The molecule has 0 spiro atoms. The molecule has 0 radical (unpaired) electrons. The third-order valence-corrected chi connectivity index (χ3v) is 2.89. The van der Waals surface area contributed by atoms with Gasteiger partial charge in [-0.15, -0.1) is 0 Å². The second-order valence-corrected chi connectivity index (χ2v) is 4.26. The zero-order chi connectivity index (χ0) is 14.6. The van der Waals surface area contributed by atoms with Gasteiger partial charge in [-0.3, -0.25) is 19.7 Å². The number of aliphatic imine (C=N–C) groups is 1. The van der Waals surface area contributed by atoms with Crippen molar-refractivity contribution in [3.05, 3.63) is 21.9 Å². The monoisotopic (exact) mass is 268 g/mol. The Morgan fingerprint density at radius 2 is 2.11 bits per heavy atom. The predicted molar refractivity (Wildman–Crippen MR) is 67.1 cm³/mol. The highest BCUT2D eigenvalue weighted by Crippen LogP contribution is 2.19. The summed E-state index contributed by atoms with van der Waals surface area (Å²) in [5.41, 5.74) is 0.287. The van der Waals surface area contributed by atoms with Crippen molar-refractivity contribution in [3.8, 4) is 0 Å². The number of carbonyl (C=O) groups is 2. The average Bonchev–Trinajstić information content (AvgIpc) is 2.28. The normalized spacial score (nSPS) is 18.9. The van der Waals surface area contributed by atoms with Crippen LogP contribution in [0.25, 0.3) is 0 Å². The third-order valence-electron chi connectivity index (χ3n) is 2.89. The standard InChI is InChI=1S/C12H16N2O5/c1-4-8(5-2)12(16)19-9-6-7(3)13-11(15)10(9)14(17)18/h6,8,10H,4-5H2,1-3H3. The van der Waals surface area contributed by atoms with Gasteiger partial charge in [0, 0.05) is 16.7 Å². The van der Waals surface area contributed by atoms with Crippen LogP contribution in [0.3, 0.4) is 0 Å². The fourth-order valence-electron chi connectivity index (χ4n) is 1.77. The van der Waals surface area contributed by atoms with E-state index in [0.717, 1.165) is 0 Å². The molecule has 0 aromatic carbocycles. The van der Waals surface area contributed by atoms with Crippen molar-refractivity contribution >= 4 is 17.6 Å². The fourth-order valence-corrected chi connectivity index (χ4v) is 1.77. The summed E-state index contributed by atoms with van der Waals surface area (Å²) in [7, 11) is 0. The van der Waals surface area contributed by atoms with E-state index in [1.165, 1.54) is 13.0 Å². The molecule has 1 aliphatic heterocycles. The molecule has 104 valence electrons. The van der Waals surface area contributed by atoms with Crippen LogP contribution in [-0.4, -0.2) is 28.6 Å². The maximum atomic E-state index is 11.8. The number of rotatable bonds is 5. The van der Waals surface area contributed by atoms with E-state index in [4.69, 9.17) is 4.74 Å². The topological polar surface area (TPSA) is 98.9 Å². The Morgan fingerprint density at radius 3 is 2.58 bits per heavy atom. The molecule has 1 aliphatic rings. The number of esters is 1. The quantitative estimate of drug-likeness (QED) is 0.427. The van der Waals surface area contributed by atoms with Gasteiger partial charge in [0.1, 0.15) is 0 Å². The van der Waals surface area contributed by atoms with Crippen molar-refractivity contribution in [2.45, 2.75) is 39.7 Å². The van der Waals surface area contributed by atoms with Crippen LogP contribution in [0.2, 0.25) is 0 Å². The number of amides is 1. The predicted octanol–water partition coefficient (Wildman–Crippen LogP) is 1.50. The molecule has 7 heteroatoms. The molecular formula is C12H16N2O5. The van der Waals surface area contributed by atoms with Crippen molar-refractivity contribution < 1.29 is 19.2 Å². The minimum Gasteiger partial charge on any atom is -0.423 e. The van der Waals surface area contributed by atoms with Gasteiger partial charge in [0.25, 0.3) is 0 Å². The highest BCUT2D eigenvalue weighted by molar-refractivity contribution is 6.06. The molecule has 0 aromatic heterocycles. The van der Waals surface area contributed by atoms with Crippen molar-refractivity contribution in [1.29, 1.82) is 0 Å². The molecule has 1 heterocycles. The Morgan fingerprint density at radius 1 is 1.53 bits per heavy atom. The molecule has 0 fully saturated rings. The average molecular weight is 268 g/mol. The summed E-state index contributed by atoms with van der Waals surface area (Å²) in [5, 5.41) is 10.9. The number of allylic oxidation sites excluding steroid dienone is 1. The second kappa shape index (κ2) is 6.21. The third kappa shape index (κ3) is 3.46. The van der Waals surface area contributed by atoms with E-state index in [9.17, 15) is 19.7 Å². The van der Waals surface area contributed by atoms with Crippen LogP contribution in [0.5, 0.6) is 0 Å². The van der Waals surface area contributed by atoms with Gasteiger partial charge in [-0.2, -0.15) is 0 Å². The fraction of sp³-hybridized carbons (Fsp3) is 0.583. The Kier molecular flexibility index (Phi) is 4.91. The first-order chi connectivity index (χ1) is 8.90. The lowest BCUT2D eigenvalue weighted by Gasteiger charge is -2.17. The number of ether oxygens (including phenoxy) is 1. The number of hydrogen-bond donors (Lipinski definition) is 0. The van der Waals surface area contributed by atoms with E-state index in [0.29, 0.717) is 12.8 Å². The molecule has 1 amide bonds. The number of nitrogens with zero attached hydrogens (tertiary/aromatic N) is 2. The van der Waals surface area contributed by atoms with Crippen molar-refractivity contribution in [2.75, 3.05) is 0 Å². The molecule has 0 saturated heterocycles. The summed E-state index contributed by atoms with van der Waals surface area (Å²) < 4.78 is 5.03. The first-order valence-corrected chi connectivity index (χ1v) is 6.06. The first kappa shape index (κ1) is 15.0. The lowest BCUT2D eigenvalue weighted by molar-refractivity contribution is -0.501. The van der Waals surface area contributed by atoms with Gasteiger partial charge in [-0.1, -0.05) is 13.8 Å². The van der Waals surface area contributed by atoms with Crippen LogP contribution in [0.4, 0.5) is 0 Å². The zero-order valence-corrected chi connectivity index (χ0v) is 11.1. The van der Waals surface area contributed by atoms with Crippen LogP contribution in [-0.2, 0) is 14.3 Å². The van der Waals surface area contributed by atoms with Gasteiger partial charge in [0.15, 0.2) is 5.76 Å². The molecule has 1 atom stereocenters. The van der Waals surface area contributed by atoms with Crippen molar-refractivity contribution in [3.63, 3.8) is 0 Å². The lowest BCUT2D eigenvalue weighted by atomic mass is 10.0. The molecule has 0 saturated carbocycles. The molecule has 0 aliphatic carbocycles. The highest BCUT2D eigenvalue weighted by atomic mass is 16.6. The smallest absolute Gasteiger partial charge is 0.348 e. The Balaban J connectivity index is 2.95. The molecule has 0 aromatic rings. The second-order valence-electron chi connectivity index (χ2n) is 4.26. The van der Waals surface area contributed by atoms with Crippen LogP contribution < -0.4 is 0 Å². The summed E-state index contributed by atoms with van der Waals surface area (Å²) in [4.78, 5) is 36.9. The maximum absolute atomic E-state index is 11.8. The molecule has 0 bridgehead atoms. The number of dihydropyridines is 1. The van der Waals surface area contributed by atoms with E-state index in [1.54, 1.807) is 0 Å². The summed E-state index contributed by atoms with van der Waals surface area (Å²) in [6.45, 7) is 5.17. The Bertz CT molecular complexity index is 463. The van der Waals surface area contributed by atoms with E-state index in [1.807, 2.05) is 13.8 Å². The van der Waals surface area contributed by atoms with Gasteiger partial charge in [0.2, 0.25) is 0 Å². The molecular weight excluding hydrogens is 252 g/mol. The largest absolute Gasteiger partial charge is 0.423 e. The molecule has 1 unspecified atom stereocenters. The first-order valence-electron chi connectivity index (χ1n) is 6.06. The van der Waals surface area contributed by atoms with E-state index in [2.05, 4.69) is 4.99 Å². The number of carbonyl (C=O) groups excluding carboxylic acids is 2. The van der Waals surface area contributed by atoms with Gasteiger partial charge < -0.3 is 4.74 Å². The van der Waals surface area contributed by atoms with E-state index in [-0.39, 0.29) is 17.4 Å². The highest BCUT2D eigenvalue weighted by Gasteiger charge is 2.40. The maximum Gasteiger partial charge on any atom is 0.348 e. The minimum absolute atomic E-state index is 0.251. The van der Waals surface area contributed by atoms with Crippen LogP contribution in [0, 0.1) is 16.0 Å². The summed E-state index contributed by atoms with van der Waals surface area (Å²) in [6.07, 6.45) is 2.41. The van der Waals surface area contributed by atoms with Gasteiger partial charge >= 0.3 is 17.9 Å². The SMILES string of the molecule is CCC(CC)C(=O)OC1=CC(C)=NC(=O)C1[N+](=O)[O-]. The zero-order valence-electron chi connectivity index (χ0n) is 11.1. The number of hydrogen-bond acceptors (Lipinski definition) is 5. The lowest BCUT2D eigenvalue weighted by Crippen LogP contribution is -2.36. The van der Waals surface area contributed by atoms with Gasteiger partial charge in [-0.05, 0) is 19.8 Å². The van der Waals surface area contributed by atoms with Gasteiger partial charge in [-0.25, -0.2) is 4.99 Å². The van der Waals surface area contributed by atoms with Crippen molar-refractivity contribution in [2.24, 2.45) is 10.9 Å². The molecule has 7 nitrogen and oxygen atoms in total. The Hall–Kier alpha value is -2.05. The molecule has 1 rings (SSSR count). The molecule has 0 N–H and O–H groups in total. The van der Waals surface area contributed by atoms with Crippen molar-refractivity contribution in [1.82, 2.24) is 0 Å². The number of nitro groups is 1. The van der Waals surface area contributed by atoms with E-state index >= 15 is 0 Å². The summed E-state index contributed by atoms with van der Waals surface area (Å²) in [6, 6.07) is -1.72. The summed E-state index contributed by atoms with van der Waals surface area (Å²) >= 11 is 0. The van der Waals surface area contributed by atoms with Gasteiger partial charge in [0.05, 0.1) is 5.92 Å². The molecule has 19 heavy (non-hydrogen) atoms. The van der Waals surface area contributed by atoms with Crippen LogP contribution >= 0.6 is 0 Å².